The van der Waals surface area contributed by atoms with E-state index in [9.17, 15) is 9.59 Å². The molecule has 1 aromatic rings. The summed E-state index contributed by atoms with van der Waals surface area (Å²) in [6.45, 7) is 2.69. The fraction of sp³-hybridized carbons (Fsp3) is 0.600. The van der Waals surface area contributed by atoms with E-state index in [1.54, 1.807) is 4.90 Å². The molecule has 2 amide bonds. The van der Waals surface area contributed by atoms with Crippen LogP contribution in [0.4, 0.5) is 0 Å². The predicted octanol–water partition coefficient (Wildman–Crippen LogP) is 2.42. The number of piperidine rings is 1. The van der Waals surface area contributed by atoms with Crippen molar-refractivity contribution >= 4 is 11.8 Å². The summed E-state index contributed by atoms with van der Waals surface area (Å²) in [5, 5.41) is 0. The number of rotatable bonds is 5. The lowest BCUT2D eigenvalue weighted by Gasteiger charge is -2.37. The second-order valence-electron chi connectivity index (χ2n) is 7.50. The van der Waals surface area contributed by atoms with Gasteiger partial charge in [-0.25, -0.2) is 0 Å². The zero-order valence-corrected chi connectivity index (χ0v) is 15.4. The molecule has 1 aromatic carbocycles. The molecule has 2 aliphatic heterocycles. The molecule has 0 radical (unpaired) electrons. The first-order chi connectivity index (χ1) is 12.0. The lowest BCUT2D eigenvalue weighted by atomic mass is 9.94. The minimum atomic E-state index is 0.0947. The van der Waals surface area contributed by atoms with E-state index in [1.807, 2.05) is 4.90 Å². The summed E-state index contributed by atoms with van der Waals surface area (Å²) in [7, 11) is 4.13. The number of carbonyl (C=O) groups is 2. The van der Waals surface area contributed by atoms with Gasteiger partial charge >= 0.3 is 0 Å². The van der Waals surface area contributed by atoms with Crippen molar-refractivity contribution in [3.05, 3.63) is 35.4 Å². The van der Waals surface area contributed by atoms with Crippen LogP contribution in [-0.2, 0) is 16.1 Å². The molecule has 2 fully saturated rings. The van der Waals surface area contributed by atoms with E-state index in [1.165, 1.54) is 11.1 Å². The van der Waals surface area contributed by atoms with Gasteiger partial charge in [-0.05, 0) is 50.9 Å². The smallest absolute Gasteiger partial charge is 0.242 e. The van der Waals surface area contributed by atoms with Crippen molar-refractivity contribution in [2.24, 2.45) is 0 Å². The van der Waals surface area contributed by atoms with Gasteiger partial charge in [0, 0.05) is 26.1 Å². The molecule has 0 saturated carbocycles. The topological polar surface area (TPSA) is 43.9 Å². The Labute approximate surface area is 150 Å². The lowest BCUT2D eigenvalue weighted by molar-refractivity contribution is -0.141. The Morgan fingerprint density at radius 3 is 2.52 bits per heavy atom. The van der Waals surface area contributed by atoms with Gasteiger partial charge in [0.25, 0.3) is 0 Å². The fourth-order valence-electron chi connectivity index (χ4n) is 3.91. The van der Waals surface area contributed by atoms with Gasteiger partial charge in [-0.3, -0.25) is 9.59 Å². The number of nitrogens with zero attached hydrogens (tertiary/aromatic N) is 3. The van der Waals surface area contributed by atoms with Gasteiger partial charge in [-0.15, -0.1) is 0 Å². The Hall–Kier alpha value is -1.88. The molecule has 0 unspecified atom stereocenters. The average molecular weight is 343 g/mol. The highest BCUT2D eigenvalue weighted by Crippen LogP contribution is 2.31. The Balaban J connectivity index is 1.69. The van der Waals surface area contributed by atoms with Gasteiger partial charge < -0.3 is 14.7 Å². The largest absolute Gasteiger partial charge is 0.334 e. The minimum absolute atomic E-state index is 0.0947. The third kappa shape index (κ3) is 4.40. The normalized spacial score (nSPS) is 21.2. The van der Waals surface area contributed by atoms with E-state index in [0.29, 0.717) is 6.42 Å². The van der Waals surface area contributed by atoms with E-state index < -0.39 is 0 Å². The molecule has 136 valence electrons. The monoisotopic (exact) mass is 343 g/mol. The summed E-state index contributed by atoms with van der Waals surface area (Å²) in [6, 6.07) is 8.80. The summed E-state index contributed by atoms with van der Waals surface area (Å²) in [5.74, 6) is 0.215. The molecule has 1 atom stereocenters. The molecule has 0 aliphatic carbocycles. The van der Waals surface area contributed by atoms with Crippen LogP contribution >= 0.6 is 0 Å². The third-order valence-corrected chi connectivity index (χ3v) is 5.18. The summed E-state index contributed by atoms with van der Waals surface area (Å²) >= 11 is 0. The highest BCUT2D eigenvalue weighted by Gasteiger charge is 2.31. The average Bonchev–Trinajstić information content (AvgIpc) is 3.00. The number of benzene rings is 1. The first-order valence-corrected chi connectivity index (χ1v) is 9.35. The Kier molecular flexibility index (Phi) is 5.74. The van der Waals surface area contributed by atoms with Crippen LogP contribution in [0.15, 0.2) is 24.3 Å². The zero-order valence-electron chi connectivity index (χ0n) is 15.4. The predicted molar refractivity (Wildman–Crippen MR) is 98.0 cm³/mol. The maximum atomic E-state index is 12.8. The zero-order chi connectivity index (χ0) is 17.8. The van der Waals surface area contributed by atoms with Crippen LogP contribution in [0.2, 0.25) is 0 Å². The fourth-order valence-corrected chi connectivity index (χ4v) is 3.91. The molecule has 5 nitrogen and oxygen atoms in total. The summed E-state index contributed by atoms with van der Waals surface area (Å²) in [6.07, 6.45) is 4.67. The molecule has 0 spiro atoms. The Morgan fingerprint density at radius 2 is 1.88 bits per heavy atom. The van der Waals surface area contributed by atoms with Crippen LogP contribution in [0, 0.1) is 0 Å². The SMILES string of the molecule is CN(C)Cc1ccc([C@H]2CCCCN2C(=O)CN2CCCC2=O)cc1. The van der Waals surface area contributed by atoms with Crippen molar-refractivity contribution < 1.29 is 9.59 Å². The summed E-state index contributed by atoms with van der Waals surface area (Å²) in [4.78, 5) is 30.5. The van der Waals surface area contributed by atoms with Crippen molar-refractivity contribution in [3.63, 3.8) is 0 Å². The molecular weight excluding hydrogens is 314 g/mol. The maximum Gasteiger partial charge on any atom is 0.242 e. The van der Waals surface area contributed by atoms with Crippen LogP contribution < -0.4 is 0 Å². The van der Waals surface area contributed by atoms with E-state index in [-0.39, 0.29) is 24.4 Å². The second-order valence-corrected chi connectivity index (χ2v) is 7.50. The number of likely N-dealkylation sites (tertiary alicyclic amines) is 2. The standard InChI is InChI=1S/C20H29N3O2/c1-21(2)14-16-8-10-17(11-9-16)18-6-3-4-13-23(18)20(25)15-22-12-5-7-19(22)24/h8-11,18H,3-7,12-15H2,1-2H3/t18-/m1/s1. The molecule has 3 rings (SSSR count). The molecule has 5 heteroatoms. The van der Waals surface area contributed by atoms with Crippen LogP contribution in [0.1, 0.15) is 49.3 Å². The Bertz CT molecular complexity index is 612. The van der Waals surface area contributed by atoms with Crippen molar-refractivity contribution in [1.29, 1.82) is 0 Å². The van der Waals surface area contributed by atoms with E-state index in [0.717, 1.165) is 45.3 Å². The minimum Gasteiger partial charge on any atom is -0.334 e. The first kappa shape index (κ1) is 17.9. The summed E-state index contributed by atoms with van der Waals surface area (Å²) in [5.41, 5.74) is 2.49. The van der Waals surface area contributed by atoms with Gasteiger partial charge in [-0.2, -0.15) is 0 Å². The van der Waals surface area contributed by atoms with Crippen molar-refractivity contribution in [3.8, 4) is 0 Å². The summed E-state index contributed by atoms with van der Waals surface area (Å²) < 4.78 is 0. The molecule has 2 aliphatic rings. The number of hydrogen-bond donors (Lipinski definition) is 0. The van der Waals surface area contributed by atoms with E-state index in [4.69, 9.17) is 0 Å². The number of amides is 2. The first-order valence-electron chi connectivity index (χ1n) is 9.35. The van der Waals surface area contributed by atoms with Crippen LogP contribution in [0.3, 0.4) is 0 Å². The van der Waals surface area contributed by atoms with Gasteiger partial charge in [0.2, 0.25) is 11.8 Å². The molecule has 25 heavy (non-hydrogen) atoms. The van der Waals surface area contributed by atoms with Gasteiger partial charge in [-0.1, -0.05) is 24.3 Å². The highest BCUT2D eigenvalue weighted by atomic mass is 16.2. The van der Waals surface area contributed by atoms with E-state index in [2.05, 4.69) is 43.3 Å². The van der Waals surface area contributed by atoms with E-state index >= 15 is 0 Å². The van der Waals surface area contributed by atoms with Crippen LogP contribution in [0.25, 0.3) is 0 Å². The van der Waals surface area contributed by atoms with Crippen LogP contribution in [0.5, 0.6) is 0 Å². The number of hydrogen-bond acceptors (Lipinski definition) is 3. The second kappa shape index (κ2) is 8.00. The molecule has 0 bridgehead atoms. The molecular formula is C20H29N3O2. The number of carbonyl (C=O) groups excluding carboxylic acids is 2. The van der Waals surface area contributed by atoms with Crippen molar-refractivity contribution in [2.45, 2.75) is 44.7 Å². The Morgan fingerprint density at radius 1 is 1.12 bits per heavy atom. The van der Waals surface area contributed by atoms with Gasteiger partial charge in [0.15, 0.2) is 0 Å². The van der Waals surface area contributed by atoms with Crippen molar-refractivity contribution in [2.75, 3.05) is 33.7 Å². The molecule has 2 saturated heterocycles. The van der Waals surface area contributed by atoms with Crippen molar-refractivity contribution in [1.82, 2.24) is 14.7 Å². The molecule has 0 aromatic heterocycles. The molecule has 2 heterocycles. The van der Waals surface area contributed by atoms with Gasteiger partial charge in [0.1, 0.15) is 0 Å². The quantitative estimate of drug-likeness (QED) is 0.825. The van der Waals surface area contributed by atoms with Crippen LogP contribution in [-0.4, -0.2) is 60.2 Å². The maximum absolute atomic E-state index is 12.8. The van der Waals surface area contributed by atoms with Gasteiger partial charge in [0.05, 0.1) is 12.6 Å². The lowest BCUT2D eigenvalue weighted by Crippen LogP contribution is -2.44. The molecule has 0 N–H and O–H groups in total. The highest BCUT2D eigenvalue weighted by molar-refractivity contribution is 5.86. The third-order valence-electron chi connectivity index (χ3n) is 5.18.